The minimum Gasteiger partial charge on any atom is -0.354 e. The van der Waals surface area contributed by atoms with Crippen LogP contribution in [-0.2, 0) is 22.6 Å². The molecule has 4 nitrogen and oxygen atoms in total. The van der Waals surface area contributed by atoms with E-state index in [0.717, 1.165) is 24.0 Å². The molecule has 1 N–H and O–H groups in total. The summed E-state index contributed by atoms with van der Waals surface area (Å²) in [5.41, 5.74) is 1.51. The van der Waals surface area contributed by atoms with Gasteiger partial charge in [0.05, 0.1) is 16.5 Å². The lowest BCUT2D eigenvalue weighted by Crippen LogP contribution is -2.48. The van der Waals surface area contributed by atoms with Crippen molar-refractivity contribution in [3.8, 4) is 0 Å². The number of unbranched alkanes of at least 4 members (excludes halogenated alkanes) is 1. The lowest BCUT2D eigenvalue weighted by atomic mass is 10.1. The largest absolute Gasteiger partial charge is 0.354 e. The summed E-state index contributed by atoms with van der Waals surface area (Å²) in [5.74, 6) is -0.380. The zero-order valence-corrected chi connectivity index (χ0v) is 18.8. The molecule has 2 aromatic carbocycles. The molecule has 1 atom stereocenters. The van der Waals surface area contributed by atoms with Gasteiger partial charge in [-0.25, -0.2) is 0 Å². The van der Waals surface area contributed by atoms with Crippen LogP contribution in [0, 0.1) is 0 Å². The van der Waals surface area contributed by atoms with E-state index in [1.54, 1.807) is 36.1 Å². The topological polar surface area (TPSA) is 49.4 Å². The maximum absolute atomic E-state index is 13.1. The van der Waals surface area contributed by atoms with Gasteiger partial charge in [0.25, 0.3) is 0 Å². The first-order valence-electron chi connectivity index (χ1n) is 9.58. The third-order valence-corrected chi connectivity index (χ3v) is 5.74. The molecule has 1 unspecified atom stereocenters. The first kappa shape index (κ1) is 23.5. The van der Waals surface area contributed by atoms with Gasteiger partial charge in [0, 0.05) is 18.1 Å². The number of carbonyl (C=O) groups excluding carboxylic acids is 2. The number of nitrogens with one attached hydrogen (secondary N) is 1. The van der Waals surface area contributed by atoms with Crippen LogP contribution in [-0.4, -0.2) is 29.3 Å². The predicted octanol–water partition coefficient (Wildman–Crippen LogP) is 5.52. The monoisotopic (exact) mass is 454 g/mol. The number of benzene rings is 2. The molecule has 2 rings (SSSR count). The van der Waals surface area contributed by atoms with Crippen LogP contribution in [0.5, 0.6) is 0 Å². The van der Waals surface area contributed by atoms with Gasteiger partial charge in [-0.05, 0) is 42.7 Å². The smallest absolute Gasteiger partial charge is 0.242 e. The van der Waals surface area contributed by atoms with E-state index in [1.165, 1.54) is 0 Å². The fourth-order valence-electron chi connectivity index (χ4n) is 2.85. The Kier molecular flexibility index (Phi) is 9.28. The normalized spacial score (nSPS) is 11.8. The molecule has 0 heterocycles. The van der Waals surface area contributed by atoms with E-state index in [2.05, 4.69) is 12.2 Å². The van der Waals surface area contributed by atoms with Gasteiger partial charge >= 0.3 is 0 Å². The summed E-state index contributed by atoms with van der Waals surface area (Å²) in [6, 6.07) is 11.7. The zero-order valence-electron chi connectivity index (χ0n) is 16.6. The van der Waals surface area contributed by atoms with Gasteiger partial charge < -0.3 is 10.2 Å². The minimum atomic E-state index is -0.640. The van der Waals surface area contributed by atoms with E-state index in [9.17, 15) is 9.59 Å². The van der Waals surface area contributed by atoms with Crippen molar-refractivity contribution in [2.45, 2.75) is 45.7 Å². The quantitative estimate of drug-likeness (QED) is 0.506. The van der Waals surface area contributed by atoms with Gasteiger partial charge in [-0.3, -0.25) is 9.59 Å². The molecule has 2 aromatic rings. The van der Waals surface area contributed by atoms with E-state index in [4.69, 9.17) is 34.8 Å². The summed E-state index contributed by atoms with van der Waals surface area (Å²) >= 11 is 18.3. The van der Waals surface area contributed by atoms with E-state index >= 15 is 0 Å². The van der Waals surface area contributed by atoms with Crippen molar-refractivity contribution >= 4 is 46.6 Å². The zero-order chi connectivity index (χ0) is 21.4. The molecule has 0 saturated heterocycles. The van der Waals surface area contributed by atoms with Crippen molar-refractivity contribution in [1.82, 2.24) is 10.2 Å². The van der Waals surface area contributed by atoms with Crippen LogP contribution in [0.1, 0.15) is 37.8 Å². The Hall–Kier alpha value is -1.75. The second-order valence-corrected chi connectivity index (χ2v) is 8.08. The van der Waals surface area contributed by atoms with Crippen LogP contribution in [0.3, 0.4) is 0 Å². The van der Waals surface area contributed by atoms with Crippen LogP contribution < -0.4 is 5.32 Å². The van der Waals surface area contributed by atoms with E-state index in [-0.39, 0.29) is 24.8 Å². The summed E-state index contributed by atoms with van der Waals surface area (Å²) in [7, 11) is 0. The summed E-state index contributed by atoms with van der Waals surface area (Å²) in [6.07, 6.45) is 1.97. The number of rotatable bonds is 9. The Morgan fingerprint density at radius 1 is 1.03 bits per heavy atom. The summed E-state index contributed by atoms with van der Waals surface area (Å²) < 4.78 is 0. The highest BCUT2D eigenvalue weighted by Crippen LogP contribution is 2.24. The standard InChI is InChI=1S/C22H25Cl3N2O2/c1-3-4-11-26-22(29)15(2)27(14-17-7-5-6-8-18(17)23)21(28)13-16-9-10-19(24)20(25)12-16/h5-10,12,15H,3-4,11,13-14H2,1-2H3,(H,26,29). The van der Waals surface area contributed by atoms with Crippen LogP contribution >= 0.6 is 34.8 Å². The summed E-state index contributed by atoms with van der Waals surface area (Å²) in [6.45, 7) is 4.60. The number of hydrogen-bond acceptors (Lipinski definition) is 2. The molecule has 2 amide bonds. The maximum Gasteiger partial charge on any atom is 0.242 e. The molecule has 0 aliphatic heterocycles. The molecule has 0 aliphatic carbocycles. The van der Waals surface area contributed by atoms with Gasteiger partial charge in [0.15, 0.2) is 0 Å². The first-order valence-corrected chi connectivity index (χ1v) is 10.7. The molecular formula is C22H25Cl3N2O2. The highest BCUT2D eigenvalue weighted by atomic mass is 35.5. The van der Waals surface area contributed by atoms with Crippen LogP contribution in [0.2, 0.25) is 15.1 Å². The van der Waals surface area contributed by atoms with Gasteiger partial charge in [-0.15, -0.1) is 0 Å². The van der Waals surface area contributed by atoms with Gasteiger partial charge in [-0.1, -0.05) is 72.4 Å². The lowest BCUT2D eigenvalue weighted by molar-refractivity contribution is -0.140. The Morgan fingerprint density at radius 3 is 2.41 bits per heavy atom. The third-order valence-electron chi connectivity index (χ3n) is 4.63. The number of nitrogens with zero attached hydrogens (tertiary/aromatic N) is 1. The van der Waals surface area contributed by atoms with E-state index < -0.39 is 6.04 Å². The van der Waals surface area contributed by atoms with Crippen molar-refractivity contribution in [1.29, 1.82) is 0 Å². The number of carbonyl (C=O) groups is 2. The summed E-state index contributed by atoms with van der Waals surface area (Å²) in [4.78, 5) is 27.3. The first-order chi connectivity index (χ1) is 13.8. The number of hydrogen-bond donors (Lipinski definition) is 1. The van der Waals surface area contributed by atoms with Gasteiger partial charge in [0.1, 0.15) is 6.04 Å². The highest BCUT2D eigenvalue weighted by molar-refractivity contribution is 6.42. The molecule has 0 aromatic heterocycles. The molecular weight excluding hydrogens is 431 g/mol. The molecule has 0 saturated carbocycles. The van der Waals surface area contributed by atoms with Gasteiger partial charge in [0.2, 0.25) is 11.8 Å². The molecule has 7 heteroatoms. The number of halogens is 3. The van der Waals surface area contributed by atoms with E-state index in [1.807, 2.05) is 18.2 Å². The molecule has 156 valence electrons. The SMILES string of the molecule is CCCCNC(=O)C(C)N(Cc1ccccc1Cl)C(=O)Cc1ccc(Cl)c(Cl)c1. The Bertz CT molecular complexity index is 858. The molecule has 0 aliphatic rings. The second-order valence-electron chi connectivity index (χ2n) is 6.86. The Labute approximate surface area is 187 Å². The average molecular weight is 456 g/mol. The van der Waals surface area contributed by atoms with E-state index in [0.29, 0.717) is 21.6 Å². The van der Waals surface area contributed by atoms with Crippen molar-refractivity contribution in [2.24, 2.45) is 0 Å². The van der Waals surface area contributed by atoms with Gasteiger partial charge in [-0.2, -0.15) is 0 Å². The van der Waals surface area contributed by atoms with Crippen LogP contribution in [0.25, 0.3) is 0 Å². The lowest BCUT2D eigenvalue weighted by Gasteiger charge is -2.29. The minimum absolute atomic E-state index is 0.105. The van der Waals surface area contributed by atoms with Crippen molar-refractivity contribution in [3.63, 3.8) is 0 Å². The molecule has 0 radical (unpaired) electrons. The van der Waals surface area contributed by atoms with Crippen molar-refractivity contribution < 1.29 is 9.59 Å². The molecule has 0 spiro atoms. The van der Waals surface area contributed by atoms with Crippen molar-refractivity contribution in [2.75, 3.05) is 6.54 Å². The molecule has 0 bridgehead atoms. The summed E-state index contributed by atoms with van der Waals surface area (Å²) in [5, 5.41) is 4.27. The Morgan fingerprint density at radius 2 is 1.76 bits per heavy atom. The second kappa shape index (κ2) is 11.4. The fourth-order valence-corrected chi connectivity index (χ4v) is 3.37. The predicted molar refractivity (Wildman–Crippen MR) is 120 cm³/mol. The number of amides is 2. The molecule has 29 heavy (non-hydrogen) atoms. The van der Waals surface area contributed by atoms with Crippen LogP contribution in [0.15, 0.2) is 42.5 Å². The van der Waals surface area contributed by atoms with Crippen LogP contribution in [0.4, 0.5) is 0 Å². The average Bonchev–Trinajstić information content (AvgIpc) is 2.69. The third kappa shape index (κ3) is 6.91. The van der Waals surface area contributed by atoms with Crippen molar-refractivity contribution in [3.05, 3.63) is 68.7 Å². The Balaban J connectivity index is 2.22. The fraction of sp³-hybridized carbons (Fsp3) is 0.364. The maximum atomic E-state index is 13.1. The highest BCUT2D eigenvalue weighted by Gasteiger charge is 2.26. The molecule has 0 fully saturated rings.